The van der Waals surface area contributed by atoms with Crippen LogP contribution in [0.15, 0.2) is 12.4 Å². The minimum atomic E-state index is -4.21. The van der Waals surface area contributed by atoms with E-state index >= 15 is 0 Å². The molecule has 4 rings (SSSR count). The smallest absolute Gasteiger partial charge is 0.385 e. The van der Waals surface area contributed by atoms with Gasteiger partial charge in [-0.2, -0.15) is 18.3 Å². The average molecular weight is 400 g/mol. The lowest BCUT2D eigenvalue weighted by Gasteiger charge is -2.20. The van der Waals surface area contributed by atoms with Crippen LogP contribution in [0.5, 0.6) is 0 Å². The first kappa shape index (κ1) is 19.1. The van der Waals surface area contributed by atoms with Gasteiger partial charge in [0.15, 0.2) is 5.65 Å². The summed E-state index contributed by atoms with van der Waals surface area (Å²) in [5.41, 5.74) is 1.63. The van der Waals surface area contributed by atoms with Crippen molar-refractivity contribution in [1.29, 1.82) is 0 Å². The molecule has 0 bridgehead atoms. The first-order chi connectivity index (χ1) is 13.2. The SMILES string of the molecule is C[C@@H](O)c1nc2cnc3[nH]ncc3c2n1[C@@H]1CN(CCCC(F)(F)F)CC1F. The predicted octanol–water partition coefficient (Wildman–Crippen LogP) is 2.90. The van der Waals surface area contributed by atoms with Crippen LogP contribution in [0.4, 0.5) is 17.6 Å². The first-order valence-electron chi connectivity index (χ1n) is 9.06. The lowest BCUT2D eigenvalue weighted by molar-refractivity contribution is -0.136. The Kier molecular flexibility index (Phi) is 4.74. The highest BCUT2D eigenvalue weighted by Gasteiger charge is 2.37. The summed E-state index contributed by atoms with van der Waals surface area (Å²) >= 11 is 0. The van der Waals surface area contributed by atoms with Gasteiger partial charge in [-0.25, -0.2) is 14.4 Å². The molecule has 3 aromatic heterocycles. The van der Waals surface area contributed by atoms with Crippen molar-refractivity contribution in [3.8, 4) is 0 Å². The van der Waals surface area contributed by atoms with Gasteiger partial charge in [-0.05, 0) is 19.9 Å². The summed E-state index contributed by atoms with van der Waals surface area (Å²) in [6.45, 7) is 1.99. The van der Waals surface area contributed by atoms with E-state index < -0.39 is 30.9 Å². The molecule has 3 atom stereocenters. The van der Waals surface area contributed by atoms with Crippen molar-refractivity contribution in [2.75, 3.05) is 19.6 Å². The highest BCUT2D eigenvalue weighted by atomic mass is 19.4. The second-order valence-corrected chi connectivity index (χ2v) is 7.20. The monoisotopic (exact) mass is 400 g/mol. The molecule has 1 unspecified atom stereocenters. The molecule has 11 heteroatoms. The maximum Gasteiger partial charge on any atom is 0.389 e. The quantitative estimate of drug-likeness (QED) is 0.644. The van der Waals surface area contributed by atoms with Crippen molar-refractivity contribution < 1.29 is 22.7 Å². The fourth-order valence-corrected chi connectivity index (χ4v) is 3.88. The summed E-state index contributed by atoms with van der Waals surface area (Å²) in [5.74, 6) is 0.301. The van der Waals surface area contributed by atoms with Gasteiger partial charge >= 0.3 is 6.18 Å². The Labute approximate surface area is 157 Å². The van der Waals surface area contributed by atoms with E-state index in [0.29, 0.717) is 27.9 Å². The highest BCUT2D eigenvalue weighted by Crippen LogP contribution is 2.35. The Morgan fingerprint density at radius 3 is 2.82 bits per heavy atom. The molecule has 3 aromatic rings. The summed E-state index contributed by atoms with van der Waals surface area (Å²) in [4.78, 5) is 10.3. The number of alkyl halides is 4. The zero-order valence-corrected chi connectivity index (χ0v) is 15.1. The molecule has 4 heterocycles. The van der Waals surface area contributed by atoms with Crippen molar-refractivity contribution >= 4 is 22.1 Å². The molecule has 1 saturated heterocycles. The lowest BCUT2D eigenvalue weighted by Crippen LogP contribution is -2.24. The molecule has 0 amide bonds. The van der Waals surface area contributed by atoms with Gasteiger partial charge in [0.25, 0.3) is 0 Å². The van der Waals surface area contributed by atoms with Crippen molar-refractivity contribution in [2.24, 2.45) is 0 Å². The van der Waals surface area contributed by atoms with Gasteiger partial charge in [-0.15, -0.1) is 0 Å². The Morgan fingerprint density at radius 1 is 1.32 bits per heavy atom. The van der Waals surface area contributed by atoms with Crippen LogP contribution in [0, 0.1) is 0 Å². The van der Waals surface area contributed by atoms with E-state index in [2.05, 4.69) is 20.2 Å². The van der Waals surface area contributed by atoms with Crippen LogP contribution < -0.4 is 0 Å². The number of aliphatic hydroxyl groups is 1. The van der Waals surface area contributed by atoms with Gasteiger partial charge in [-0.1, -0.05) is 0 Å². The fourth-order valence-electron chi connectivity index (χ4n) is 3.88. The van der Waals surface area contributed by atoms with Gasteiger partial charge in [0.05, 0.1) is 29.3 Å². The number of likely N-dealkylation sites (tertiary alicyclic amines) is 1. The molecule has 0 aliphatic carbocycles. The number of nitrogens with one attached hydrogen (secondary N) is 1. The van der Waals surface area contributed by atoms with E-state index in [0.717, 1.165) is 0 Å². The van der Waals surface area contributed by atoms with Crippen LogP contribution in [0.3, 0.4) is 0 Å². The Balaban J connectivity index is 1.68. The van der Waals surface area contributed by atoms with Crippen LogP contribution in [0.25, 0.3) is 22.1 Å². The van der Waals surface area contributed by atoms with Crippen LogP contribution in [-0.2, 0) is 0 Å². The average Bonchev–Trinajstić information content (AvgIpc) is 3.28. The number of rotatable bonds is 5. The summed E-state index contributed by atoms with van der Waals surface area (Å²) in [5, 5.41) is 17.6. The van der Waals surface area contributed by atoms with E-state index in [1.54, 1.807) is 22.6 Å². The molecule has 1 aliphatic rings. The minimum Gasteiger partial charge on any atom is -0.385 e. The van der Waals surface area contributed by atoms with Gasteiger partial charge in [0, 0.05) is 19.5 Å². The number of aromatic nitrogens is 5. The third-order valence-electron chi connectivity index (χ3n) is 5.09. The molecule has 2 N–H and O–H groups in total. The van der Waals surface area contributed by atoms with Crippen molar-refractivity contribution in [3.63, 3.8) is 0 Å². The number of hydrogen-bond donors (Lipinski definition) is 2. The van der Waals surface area contributed by atoms with Crippen LogP contribution in [0.2, 0.25) is 0 Å². The van der Waals surface area contributed by atoms with E-state index in [1.165, 1.54) is 6.20 Å². The second kappa shape index (κ2) is 6.96. The van der Waals surface area contributed by atoms with Crippen molar-refractivity contribution in [1.82, 2.24) is 29.6 Å². The number of hydrogen-bond acceptors (Lipinski definition) is 5. The maximum absolute atomic E-state index is 14.9. The maximum atomic E-state index is 14.9. The zero-order valence-electron chi connectivity index (χ0n) is 15.1. The normalized spacial score (nSPS) is 22.5. The van der Waals surface area contributed by atoms with E-state index in [4.69, 9.17) is 0 Å². The number of pyridine rings is 1. The number of aliphatic hydroxyl groups excluding tert-OH is 1. The molecule has 7 nitrogen and oxygen atoms in total. The molecule has 28 heavy (non-hydrogen) atoms. The fraction of sp³-hybridized carbons (Fsp3) is 0.588. The Morgan fingerprint density at radius 2 is 2.11 bits per heavy atom. The number of aromatic amines is 1. The topological polar surface area (TPSA) is 82.9 Å². The highest BCUT2D eigenvalue weighted by molar-refractivity contribution is 6.00. The van der Waals surface area contributed by atoms with Crippen LogP contribution in [0.1, 0.15) is 37.7 Å². The first-order valence-corrected chi connectivity index (χ1v) is 9.06. The zero-order chi connectivity index (χ0) is 20.1. The summed E-state index contributed by atoms with van der Waals surface area (Å²) in [6, 6.07) is -0.666. The Hall–Kier alpha value is -2.27. The van der Waals surface area contributed by atoms with E-state index in [1.807, 2.05) is 0 Å². The molecule has 1 fully saturated rings. The van der Waals surface area contributed by atoms with Gasteiger partial charge in [0.2, 0.25) is 0 Å². The number of imidazole rings is 1. The predicted molar refractivity (Wildman–Crippen MR) is 93.5 cm³/mol. The number of halogens is 4. The largest absolute Gasteiger partial charge is 0.389 e. The lowest BCUT2D eigenvalue weighted by atomic mass is 10.2. The molecule has 0 saturated carbocycles. The number of nitrogens with zero attached hydrogens (tertiary/aromatic N) is 5. The summed E-state index contributed by atoms with van der Waals surface area (Å²) in [6.07, 6.45) is -4.32. The second-order valence-electron chi connectivity index (χ2n) is 7.20. The third-order valence-corrected chi connectivity index (χ3v) is 5.09. The molecule has 152 valence electrons. The van der Waals surface area contributed by atoms with Crippen molar-refractivity contribution in [3.05, 3.63) is 18.2 Å². The molecule has 1 aliphatic heterocycles. The summed E-state index contributed by atoms with van der Waals surface area (Å²) < 4.78 is 53.8. The standard InChI is InChI=1S/C17H20F4N6O/c1-9(28)16-24-12-6-22-15-10(5-23-25-15)14(12)27(16)13-8-26(7-11(13)18)4-2-3-17(19,20)21/h5-6,9,11,13,28H,2-4,7-8H2,1H3,(H,22,23,25)/t9-,11?,13-/m1/s1. The molecule has 0 aromatic carbocycles. The molecular formula is C17H20F4N6O. The minimum absolute atomic E-state index is 0.0427. The van der Waals surface area contributed by atoms with Gasteiger partial charge in [-0.3, -0.25) is 10.00 Å². The van der Waals surface area contributed by atoms with Gasteiger partial charge < -0.3 is 9.67 Å². The van der Waals surface area contributed by atoms with Crippen LogP contribution in [-0.4, -0.2) is 66.7 Å². The number of fused-ring (bicyclic) bond motifs is 3. The Bertz CT molecular complexity index is 981. The third kappa shape index (κ3) is 3.44. The van der Waals surface area contributed by atoms with E-state index in [9.17, 15) is 22.7 Å². The van der Waals surface area contributed by atoms with E-state index in [-0.39, 0.29) is 26.1 Å². The summed E-state index contributed by atoms with van der Waals surface area (Å²) in [7, 11) is 0. The molecular weight excluding hydrogens is 380 g/mol. The molecule has 0 spiro atoms. The number of H-pyrrole nitrogens is 1. The van der Waals surface area contributed by atoms with Crippen molar-refractivity contribution in [2.45, 2.75) is 44.3 Å². The van der Waals surface area contributed by atoms with Gasteiger partial charge in [0.1, 0.15) is 23.6 Å². The van der Waals surface area contributed by atoms with Crippen LogP contribution >= 0.6 is 0 Å². The molecule has 0 radical (unpaired) electrons.